The smallest absolute Gasteiger partial charge is 0.330 e. The largest absolute Gasteiger partial charge is 0.392 e. The molecule has 1 aliphatic heterocycles. The second kappa shape index (κ2) is 5.85. The van der Waals surface area contributed by atoms with Gasteiger partial charge in [0.1, 0.15) is 6.04 Å². The van der Waals surface area contributed by atoms with Crippen molar-refractivity contribution in [1.29, 1.82) is 0 Å². The monoisotopic (exact) mass is 213 g/mol. The minimum absolute atomic E-state index is 0.292. The van der Waals surface area contributed by atoms with E-state index < -0.39 is 11.9 Å². The Morgan fingerprint density at radius 3 is 2.80 bits per heavy atom. The second-order valence-corrected chi connectivity index (χ2v) is 4.10. The van der Waals surface area contributed by atoms with E-state index in [1.807, 2.05) is 0 Å². The molecule has 86 valence electrons. The van der Waals surface area contributed by atoms with Crippen molar-refractivity contribution < 1.29 is 14.3 Å². The molecule has 0 bridgehead atoms. The van der Waals surface area contributed by atoms with Crippen molar-refractivity contribution in [2.75, 3.05) is 6.54 Å². The minimum atomic E-state index is -0.528. The van der Waals surface area contributed by atoms with Crippen molar-refractivity contribution >= 4 is 11.9 Å². The van der Waals surface area contributed by atoms with Crippen LogP contribution in [0.2, 0.25) is 0 Å². The predicted molar refractivity (Wildman–Crippen MR) is 56.2 cm³/mol. The van der Waals surface area contributed by atoms with Gasteiger partial charge >= 0.3 is 11.9 Å². The van der Waals surface area contributed by atoms with Crippen LogP contribution in [0.15, 0.2) is 0 Å². The lowest BCUT2D eigenvalue weighted by molar-refractivity contribution is -0.160. The summed E-state index contributed by atoms with van der Waals surface area (Å²) in [6.07, 6.45) is 4.18. The number of hydrogen-bond acceptors (Lipinski definition) is 4. The Hall–Kier alpha value is -0.900. The molecule has 1 heterocycles. The van der Waals surface area contributed by atoms with Gasteiger partial charge in [-0.3, -0.25) is 4.79 Å². The van der Waals surface area contributed by atoms with Gasteiger partial charge in [-0.1, -0.05) is 19.8 Å². The van der Waals surface area contributed by atoms with Crippen LogP contribution < -0.4 is 5.32 Å². The van der Waals surface area contributed by atoms with Gasteiger partial charge in [0.2, 0.25) is 0 Å². The predicted octanol–water partition coefficient (Wildman–Crippen LogP) is 1.24. The topological polar surface area (TPSA) is 55.4 Å². The quantitative estimate of drug-likeness (QED) is 0.566. The third-order valence-corrected chi connectivity index (χ3v) is 2.74. The molecule has 2 unspecified atom stereocenters. The number of nitrogens with one attached hydrogen (secondary N) is 1. The molecule has 1 fully saturated rings. The van der Waals surface area contributed by atoms with E-state index in [9.17, 15) is 9.59 Å². The van der Waals surface area contributed by atoms with Crippen LogP contribution in [0.5, 0.6) is 0 Å². The summed E-state index contributed by atoms with van der Waals surface area (Å²) in [6, 6.07) is -0.292. The van der Waals surface area contributed by atoms with Gasteiger partial charge in [0, 0.05) is 6.92 Å². The molecule has 4 nitrogen and oxygen atoms in total. The number of ether oxygens (including phenoxy) is 1. The molecule has 0 amide bonds. The molecule has 0 aliphatic carbocycles. The highest BCUT2D eigenvalue weighted by Crippen LogP contribution is 2.21. The maximum atomic E-state index is 11.5. The van der Waals surface area contributed by atoms with Crippen molar-refractivity contribution in [2.45, 2.75) is 45.6 Å². The van der Waals surface area contributed by atoms with Crippen molar-refractivity contribution in [3.8, 4) is 0 Å². The number of carbonyl (C=O) groups excluding carboxylic acids is 2. The molecule has 1 N–H and O–H groups in total. The van der Waals surface area contributed by atoms with E-state index in [1.54, 1.807) is 0 Å². The van der Waals surface area contributed by atoms with Crippen LogP contribution in [0.4, 0.5) is 0 Å². The average molecular weight is 213 g/mol. The zero-order valence-corrected chi connectivity index (χ0v) is 9.41. The third-order valence-electron chi connectivity index (χ3n) is 2.74. The lowest BCUT2D eigenvalue weighted by atomic mass is 9.89. The Bertz CT molecular complexity index is 238. The molecule has 0 aromatic heterocycles. The van der Waals surface area contributed by atoms with Gasteiger partial charge in [-0.25, -0.2) is 4.79 Å². The summed E-state index contributed by atoms with van der Waals surface area (Å²) >= 11 is 0. The normalized spacial score (nSPS) is 26.0. The molecule has 0 aromatic carbocycles. The second-order valence-electron chi connectivity index (χ2n) is 4.10. The SMILES string of the molecule is CCCC1CCNC(C(=O)OC(C)=O)C1. The molecule has 1 saturated heterocycles. The Morgan fingerprint density at radius 1 is 1.47 bits per heavy atom. The molecule has 0 spiro atoms. The average Bonchev–Trinajstić information content (AvgIpc) is 2.17. The van der Waals surface area contributed by atoms with Crippen LogP contribution in [-0.4, -0.2) is 24.5 Å². The Labute approximate surface area is 90.4 Å². The summed E-state index contributed by atoms with van der Waals surface area (Å²) in [5, 5.41) is 3.09. The molecule has 0 saturated carbocycles. The summed E-state index contributed by atoms with van der Waals surface area (Å²) in [6.45, 7) is 4.23. The lowest BCUT2D eigenvalue weighted by Gasteiger charge is -2.28. The molecule has 4 heteroatoms. The van der Waals surface area contributed by atoms with Crippen LogP contribution in [0, 0.1) is 5.92 Å². The number of hydrogen-bond donors (Lipinski definition) is 1. The number of carbonyl (C=O) groups is 2. The van der Waals surface area contributed by atoms with Crippen LogP contribution in [-0.2, 0) is 14.3 Å². The van der Waals surface area contributed by atoms with Crippen molar-refractivity contribution in [3.63, 3.8) is 0 Å². The van der Waals surface area contributed by atoms with Gasteiger partial charge in [-0.2, -0.15) is 0 Å². The van der Waals surface area contributed by atoms with Crippen molar-refractivity contribution in [2.24, 2.45) is 5.92 Å². The summed E-state index contributed by atoms with van der Waals surface area (Å²) < 4.78 is 4.58. The van der Waals surface area contributed by atoms with E-state index in [0.29, 0.717) is 5.92 Å². The van der Waals surface area contributed by atoms with Gasteiger partial charge in [0.05, 0.1) is 0 Å². The van der Waals surface area contributed by atoms with Gasteiger partial charge in [-0.05, 0) is 25.3 Å². The molecular formula is C11H19NO3. The first-order valence-electron chi connectivity index (χ1n) is 5.59. The lowest BCUT2D eigenvalue weighted by Crippen LogP contribution is -2.44. The highest BCUT2D eigenvalue weighted by molar-refractivity contribution is 5.87. The van der Waals surface area contributed by atoms with Crippen molar-refractivity contribution in [3.05, 3.63) is 0 Å². The molecule has 1 aliphatic rings. The summed E-state index contributed by atoms with van der Waals surface area (Å²) in [5.41, 5.74) is 0. The molecule has 2 atom stereocenters. The Morgan fingerprint density at radius 2 is 2.20 bits per heavy atom. The zero-order valence-electron chi connectivity index (χ0n) is 9.41. The third kappa shape index (κ3) is 4.00. The van der Waals surface area contributed by atoms with Crippen LogP contribution in [0.3, 0.4) is 0 Å². The fourth-order valence-corrected chi connectivity index (χ4v) is 2.06. The number of rotatable bonds is 3. The zero-order chi connectivity index (χ0) is 11.3. The standard InChI is InChI=1S/C11H19NO3/c1-3-4-9-5-6-12-10(7-9)11(14)15-8(2)13/h9-10,12H,3-7H2,1-2H3. The minimum Gasteiger partial charge on any atom is -0.392 e. The fraction of sp³-hybridized carbons (Fsp3) is 0.818. The first-order chi connectivity index (χ1) is 7.13. The first kappa shape index (κ1) is 12.2. The van der Waals surface area contributed by atoms with E-state index in [2.05, 4.69) is 17.0 Å². The maximum Gasteiger partial charge on any atom is 0.330 e. The molecule has 0 radical (unpaired) electrons. The van der Waals surface area contributed by atoms with E-state index in [-0.39, 0.29) is 6.04 Å². The van der Waals surface area contributed by atoms with Crippen LogP contribution in [0.25, 0.3) is 0 Å². The molecule has 0 aromatic rings. The van der Waals surface area contributed by atoms with Gasteiger partial charge in [0.15, 0.2) is 0 Å². The van der Waals surface area contributed by atoms with E-state index in [0.717, 1.165) is 32.2 Å². The Balaban J connectivity index is 2.41. The fourth-order valence-electron chi connectivity index (χ4n) is 2.06. The Kier molecular flexibility index (Phi) is 4.75. The van der Waals surface area contributed by atoms with E-state index >= 15 is 0 Å². The van der Waals surface area contributed by atoms with Crippen LogP contribution >= 0.6 is 0 Å². The van der Waals surface area contributed by atoms with Crippen LogP contribution in [0.1, 0.15) is 39.5 Å². The summed E-state index contributed by atoms with van der Waals surface area (Å²) in [4.78, 5) is 22.1. The van der Waals surface area contributed by atoms with Gasteiger partial charge < -0.3 is 10.1 Å². The number of esters is 2. The molecule has 1 rings (SSSR count). The maximum absolute atomic E-state index is 11.5. The molecule has 15 heavy (non-hydrogen) atoms. The molecular weight excluding hydrogens is 194 g/mol. The highest BCUT2D eigenvalue weighted by atomic mass is 16.6. The summed E-state index contributed by atoms with van der Waals surface area (Å²) in [5.74, 6) is -0.372. The van der Waals surface area contributed by atoms with E-state index in [1.165, 1.54) is 6.92 Å². The highest BCUT2D eigenvalue weighted by Gasteiger charge is 2.28. The van der Waals surface area contributed by atoms with Crippen molar-refractivity contribution in [1.82, 2.24) is 5.32 Å². The first-order valence-corrected chi connectivity index (χ1v) is 5.59. The summed E-state index contributed by atoms with van der Waals surface area (Å²) in [7, 11) is 0. The van der Waals surface area contributed by atoms with Gasteiger partial charge in [-0.15, -0.1) is 0 Å². The van der Waals surface area contributed by atoms with Gasteiger partial charge in [0.25, 0.3) is 0 Å². The number of piperidine rings is 1. The van der Waals surface area contributed by atoms with E-state index in [4.69, 9.17) is 0 Å².